The molecule has 16 heavy (non-hydrogen) atoms. The van der Waals surface area contributed by atoms with E-state index in [2.05, 4.69) is 0 Å². The lowest BCUT2D eigenvalue weighted by Crippen LogP contribution is -2.35. The molecule has 0 spiro atoms. The van der Waals surface area contributed by atoms with Crippen molar-refractivity contribution in [1.29, 1.82) is 0 Å². The minimum Gasteiger partial charge on any atom is -0.444 e. The number of nitrogens with zero attached hydrogens (tertiary/aromatic N) is 1. The summed E-state index contributed by atoms with van der Waals surface area (Å²) in [6, 6.07) is 0. The molecule has 0 radical (unpaired) electrons. The predicted molar refractivity (Wildman–Crippen MR) is 63.3 cm³/mol. The average molecular weight is 225 g/mol. The molecule has 0 unspecified atom stereocenters. The molecule has 1 aliphatic heterocycles. The highest BCUT2D eigenvalue weighted by molar-refractivity contribution is 5.68. The topological polar surface area (TPSA) is 29.5 Å². The number of carbonyl (C=O) groups is 1. The van der Waals surface area contributed by atoms with Crippen LogP contribution in [0.25, 0.3) is 0 Å². The van der Waals surface area contributed by atoms with E-state index >= 15 is 0 Å². The molecule has 1 atom stereocenters. The van der Waals surface area contributed by atoms with E-state index in [4.69, 9.17) is 4.74 Å². The molecular formula is C13H23NO2. The summed E-state index contributed by atoms with van der Waals surface area (Å²) in [6.07, 6.45) is 5.16. The van der Waals surface area contributed by atoms with Crippen LogP contribution in [0.2, 0.25) is 0 Å². The second-order valence-electron chi connectivity index (χ2n) is 6.26. The third-order valence-corrected chi connectivity index (χ3v) is 3.30. The number of likely N-dealkylation sites (tertiary alicyclic amines) is 1. The van der Waals surface area contributed by atoms with Crippen molar-refractivity contribution in [2.24, 2.45) is 11.8 Å². The van der Waals surface area contributed by atoms with Gasteiger partial charge in [-0.3, -0.25) is 0 Å². The highest BCUT2D eigenvalue weighted by atomic mass is 16.6. The Morgan fingerprint density at radius 2 is 1.94 bits per heavy atom. The van der Waals surface area contributed by atoms with Gasteiger partial charge in [0, 0.05) is 13.1 Å². The van der Waals surface area contributed by atoms with E-state index in [1.807, 2.05) is 25.7 Å². The standard InChI is InChI=1S/C13H23NO2/c1-13(2,3)16-12(15)14-7-6-11(9-14)8-10-4-5-10/h10-11H,4-9H2,1-3H3/t11-/m0/s1. The van der Waals surface area contributed by atoms with Gasteiger partial charge in [-0.2, -0.15) is 0 Å². The van der Waals surface area contributed by atoms with Crippen molar-refractivity contribution in [3.8, 4) is 0 Å². The van der Waals surface area contributed by atoms with Gasteiger partial charge in [0.25, 0.3) is 0 Å². The molecule has 3 nitrogen and oxygen atoms in total. The molecule has 0 bridgehead atoms. The lowest BCUT2D eigenvalue weighted by molar-refractivity contribution is 0.0287. The fourth-order valence-electron chi connectivity index (χ4n) is 2.34. The summed E-state index contributed by atoms with van der Waals surface area (Å²) >= 11 is 0. The molecule has 2 rings (SSSR count). The maximum atomic E-state index is 11.8. The van der Waals surface area contributed by atoms with Crippen LogP contribution >= 0.6 is 0 Å². The van der Waals surface area contributed by atoms with Gasteiger partial charge in [-0.05, 0) is 45.4 Å². The Bertz CT molecular complexity index is 266. The molecule has 1 heterocycles. The van der Waals surface area contributed by atoms with Crippen molar-refractivity contribution in [3.63, 3.8) is 0 Å². The second kappa shape index (κ2) is 4.27. The summed E-state index contributed by atoms with van der Waals surface area (Å²) in [5.74, 6) is 1.68. The van der Waals surface area contributed by atoms with Crippen molar-refractivity contribution < 1.29 is 9.53 Å². The van der Waals surface area contributed by atoms with E-state index < -0.39 is 0 Å². The molecule has 1 saturated heterocycles. The monoisotopic (exact) mass is 225 g/mol. The Morgan fingerprint density at radius 1 is 1.25 bits per heavy atom. The number of amides is 1. The summed E-state index contributed by atoms with van der Waals surface area (Å²) in [4.78, 5) is 13.7. The molecule has 1 saturated carbocycles. The maximum absolute atomic E-state index is 11.8. The number of ether oxygens (including phenoxy) is 1. The van der Waals surface area contributed by atoms with E-state index in [-0.39, 0.29) is 11.7 Å². The molecule has 2 fully saturated rings. The third kappa shape index (κ3) is 3.39. The maximum Gasteiger partial charge on any atom is 0.410 e. The Morgan fingerprint density at radius 3 is 2.50 bits per heavy atom. The SMILES string of the molecule is CC(C)(C)OC(=O)N1CC[C@@H](CC2CC2)C1. The lowest BCUT2D eigenvalue weighted by atomic mass is 10.0. The number of hydrogen-bond donors (Lipinski definition) is 0. The van der Waals surface area contributed by atoms with Gasteiger partial charge in [0.05, 0.1) is 0 Å². The van der Waals surface area contributed by atoms with Crippen molar-refractivity contribution in [2.45, 2.75) is 52.1 Å². The van der Waals surface area contributed by atoms with Crippen molar-refractivity contribution in [3.05, 3.63) is 0 Å². The molecule has 1 amide bonds. The largest absolute Gasteiger partial charge is 0.444 e. The first-order chi connectivity index (χ1) is 7.44. The van der Waals surface area contributed by atoms with Gasteiger partial charge >= 0.3 is 6.09 Å². The van der Waals surface area contributed by atoms with Crippen molar-refractivity contribution in [1.82, 2.24) is 4.90 Å². The average Bonchev–Trinajstić information content (AvgIpc) is 2.78. The highest BCUT2D eigenvalue weighted by Crippen LogP contribution is 2.38. The highest BCUT2D eigenvalue weighted by Gasteiger charge is 2.33. The Balaban J connectivity index is 1.76. The molecule has 92 valence electrons. The first-order valence-corrected chi connectivity index (χ1v) is 6.42. The van der Waals surface area contributed by atoms with Crippen LogP contribution in [0.1, 0.15) is 46.5 Å². The number of hydrogen-bond acceptors (Lipinski definition) is 2. The summed E-state index contributed by atoms with van der Waals surface area (Å²) in [6.45, 7) is 7.55. The zero-order chi connectivity index (χ0) is 11.8. The fourth-order valence-corrected chi connectivity index (χ4v) is 2.34. The van der Waals surface area contributed by atoms with E-state index in [1.54, 1.807) is 0 Å². The van der Waals surface area contributed by atoms with E-state index in [0.29, 0.717) is 0 Å². The van der Waals surface area contributed by atoms with E-state index in [0.717, 1.165) is 31.3 Å². The lowest BCUT2D eigenvalue weighted by Gasteiger charge is -2.24. The van der Waals surface area contributed by atoms with Crippen LogP contribution in [0, 0.1) is 11.8 Å². The van der Waals surface area contributed by atoms with Crippen LogP contribution in [0.15, 0.2) is 0 Å². The molecule has 2 aliphatic rings. The van der Waals surface area contributed by atoms with Crippen molar-refractivity contribution in [2.75, 3.05) is 13.1 Å². The first kappa shape index (κ1) is 11.7. The van der Waals surface area contributed by atoms with Gasteiger partial charge in [0.15, 0.2) is 0 Å². The van der Waals surface area contributed by atoms with Gasteiger partial charge < -0.3 is 9.64 Å². The molecule has 0 aromatic heterocycles. The molecule has 3 heteroatoms. The molecule has 0 aromatic rings. The van der Waals surface area contributed by atoms with Crippen molar-refractivity contribution >= 4 is 6.09 Å². The second-order valence-corrected chi connectivity index (χ2v) is 6.26. The summed E-state index contributed by atoms with van der Waals surface area (Å²) in [5, 5.41) is 0. The summed E-state index contributed by atoms with van der Waals surface area (Å²) < 4.78 is 5.38. The van der Waals surface area contributed by atoms with Crippen LogP contribution in [-0.4, -0.2) is 29.7 Å². The van der Waals surface area contributed by atoms with E-state index in [1.165, 1.54) is 19.3 Å². The van der Waals surface area contributed by atoms with Crippen LogP contribution in [0.4, 0.5) is 4.79 Å². The van der Waals surface area contributed by atoms with Crippen LogP contribution < -0.4 is 0 Å². The fraction of sp³-hybridized carbons (Fsp3) is 0.923. The summed E-state index contributed by atoms with van der Waals surface area (Å²) in [5.41, 5.74) is -0.369. The molecular weight excluding hydrogens is 202 g/mol. The van der Waals surface area contributed by atoms with Gasteiger partial charge in [0.1, 0.15) is 5.60 Å². The van der Waals surface area contributed by atoms with Crippen LogP contribution in [-0.2, 0) is 4.74 Å². The normalized spacial score (nSPS) is 25.9. The summed E-state index contributed by atoms with van der Waals surface area (Å²) in [7, 11) is 0. The quantitative estimate of drug-likeness (QED) is 0.723. The van der Waals surface area contributed by atoms with Gasteiger partial charge in [-0.15, -0.1) is 0 Å². The zero-order valence-corrected chi connectivity index (χ0v) is 10.7. The smallest absolute Gasteiger partial charge is 0.410 e. The first-order valence-electron chi connectivity index (χ1n) is 6.42. The minimum absolute atomic E-state index is 0.134. The molecule has 0 aromatic carbocycles. The third-order valence-electron chi connectivity index (χ3n) is 3.30. The van der Waals surface area contributed by atoms with Gasteiger partial charge in [0.2, 0.25) is 0 Å². The molecule has 1 aliphatic carbocycles. The minimum atomic E-state index is -0.369. The van der Waals surface area contributed by atoms with Crippen LogP contribution in [0.5, 0.6) is 0 Å². The molecule has 0 N–H and O–H groups in total. The van der Waals surface area contributed by atoms with E-state index in [9.17, 15) is 4.79 Å². The number of carbonyl (C=O) groups excluding carboxylic acids is 1. The van der Waals surface area contributed by atoms with Gasteiger partial charge in [-0.25, -0.2) is 4.79 Å². The Hall–Kier alpha value is -0.730. The van der Waals surface area contributed by atoms with Crippen LogP contribution in [0.3, 0.4) is 0 Å². The number of rotatable bonds is 2. The zero-order valence-electron chi connectivity index (χ0n) is 10.7. The predicted octanol–water partition coefficient (Wildman–Crippen LogP) is 3.04. The Labute approximate surface area is 98.1 Å². The van der Waals surface area contributed by atoms with Gasteiger partial charge in [-0.1, -0.05) is 12.8 Å². The Kier molecular flexibility index (Phi) is 3.13.